The number of pyridine rings is 1. The van der Waals surface area contributed by atoms with Crippen molar-refractivity contribution >= 4 is 35.2 Å². The molecule has 0 radical (unpaired) electrons. The summed E-state index contributed by atoms with van der Waals surface area (Å²) in [6.45, 7) is 5.37. The van der Waals surface area contributed by atoms with Gasteiger partial charge in [-0.25, -0.2) is 0 Å². The van der Waals surface area contributed by atoms with E-state index in [-0.39, 0.29) is 16.2 Å². The third kappa shape index (κ3) is 6.79. The number of nitrogens with one attached hydrogen (secondary N) is 1. The van der Waals surface area contributed by atoms with Crippen molar-refractivity contribution in [3.63, 3.8) is 0 Å². The Morgan fingerprint density at radius 3 is 2.72 bits per heavy atom. The Hall–Kier alpha value is -2.41. The molecular weight excluding hydrogens is 442 g/mol. The molecule has 0 amide bonds. The topological polar surface area (TPSA) is 119 Å². The minimum absolute atomic E-state index is 0.0892. The van der Waals surface area contributed by atoms with E-state index >= 15 is 0 Å². The highest BCUT2D eigenvalue weighted by molar-refractivity contribution is 8.00. The summed E-state index contributed by atoms with van der Waals surface area (Å²) in [6, 6.07) is 7.66. The number of hydrogen-bond acceptors (Lipinski definition) is 8. The van der Waals surface area contributed by atoms with E-state index in [0.717, 1.165) is 36.4 Å². The standard InChI is InChI=1S/C16H25N3O2S.C7H8N2S/c1-4-7-22-16(5-6-16)10-21-14(18)13-12(9-17)8-11(2)15(20)19(13)3;1-9-5-7-3-2-6(4-8)10-7/h8-9H,4-7,10,17-18H2,1-3H3;2-3,9H,5H2,1H3/b12-9-,14-13-;. The van der Waals surface area contributed by atoms with Crippen molar-refractivity contribution in [1.29, 1.82) is 5.26 Å². The molecule has 2 aromatic rings. The molecule has 2 aromatic heterocycles. The zero-order valence-electron chi connectivity index (χ0n) is 19.2. The van der Waals surface area contributed by atoms with Crippen LogP contribution in [-0.4, -0.2) is 28.7 Å². The normalized spacial score (nSPS) is 15.4. The largest absolute Gasteiger partial charge is 0.476 e. The third-order valence-electron chi connectivity index (χ3n) is 5.07. The summed E-state index contributed by atoms with van der Waals surface area (Å²) in [5.74, 6) is 1.40. The van der Waals surface area contributed by atoms with Crippen molar-refractivity contribution in [2.24, 2.45) is 18.5 Å². The molecule has 0 spiro atoms. The molecule has 3 rings (SSSR count). The Balaban J connectivity index is 0.000000303. The molecule has 1 fully saturated rings. The van der Waals surface area contributed by atoms with Crippen molar-refractivity contribution in [2.75, 3.05) is 19.4 Å². The fourth-order valence-corrected chi connectivity index (χ4v) is 5.12. The van der Waals surface area contributed by atoms with E-state index in [9.17, 15) is 4.79 Å². The van der Waals surface area contributed by atoms with Crippen LogP contribution in [0.25, 0.3) is 12.1 Å². The molecule has 0 aliphatic heterocycles. The van der Waals surface area contributed by atoms with E-state index in [1.165, 1.54) is 27.0 Å². The second-order valence-electron chi connectivity index (χ2n) is 7.75. The second kappa shape index (κ2) is 12.0. The zero-order valence-corrected chi connectivity index (χ0v) is 20.9. The molecule has 7 nitrogen and oxygen atoms in total. The monoisotopic (exact) mass is 475 g/mol. The molecule has 0 bridgehead atoms. The van der Waals surface area contributed by atoms with Gasteiger partial charge in [0.25, 0.3) is 5.56 Å². The third-order valence-corrected chi connectivity index (χ3v) is 7.81. The van der Waals surface area contributed by atoms with E-state index in [4.69, 9.17) is 21.5 Å². The van der Waals surface area contributed by atoms with Gasteiger partial charge in [0, 0.05) is 35.5 Å². The molecule has 9 heteroatoms. The van der Waals surface area contributed by atoms with Crippen molar-refractivity contribution in [2.45, 2.75) is 44.4 Å². The van der Waals surface area contributed by atoms with Crippen LogP contribution in [0.1, 0.15) is 41.5 Å². The number of rotatable bonds is 8. The summed E-state index contributed by atoms with van der Waals surface area (Å²) in [5.41, 5.74) is 12.3. The summed E-state index contributed by atoms with van der Waals surface area (Å²) in [6.07, 6.45) is 4.93. The van der Waals surface area contributed by atoms with Gasteiger partial charge in [-0.15, -0.1) is 11.3 Å². The van der Waals surface area contributed by atoms with Gasteiger partial charge in [0.1, 0.15) is 22.9 Å². The highest BCUT2D eigenvalue weighted by Gasteiger charge is 2.43. The Labute approximate surface area is 197 Å². The van der Waals surface area contributed by atoms with Gasteiger partial charge in [-0.2, -0.15) is 17.0 Å². The van der Waals surface area contributed by atoms with Gasteiger partial charge in [-0.3, -0.25) is 4.79 Å². The number of aryl methyl sites for hydroxylation is 1. The second-order valence-corrected chi connectivity index (χ2v) is 10.5. The minimum Gasteiger partial charge on any atom is -0.476 e. The fourth-order valence-electron chi connectivity index (χ4n) is 3.13. The van der Waals surface area contributed by atoms with Gasteiger partial charge in [0.15, 0.2) is 0 Å². The molecule has 5 N–H and O–H groups in total. The van der Waals surface area contributed by atoms with E-state index in [1.807, 2.05) is 30.9 Å². The highest BCUT2D eigenvalue weighted by atomic mass is 32.2. The maximum atomic E-state index is 12.1. The molecule has 0 unspecified atom stereocenters. The quantitative estimate of drug-likeness (QED) is 0.529. The minimum atomic E-state index is -0.0892. The first-order chi connectivity index (χ1) is 15.3. The molecule has 32 heavy (non-hydrogen) atoms. The van der Waals surface area contributed by atoms with E-state index in [1.54, 1.807) is 20.0 Å². The van der Waals surface area contributed by atoms with E-state index in [0.29, 0.717) is 22.7 Å². The number of ether oxygens (including phenoxy) is 1. The molecule has 0 atom stereocenters. The van der Waals surface area contributed by atoms with Crippen LogP contribution in [-0.2, 0) is 18.3 Å². The average Bonchev–Trinajstić information content (AvgIpc) is 3.42. The summed E-state index contributed by atoms with van der Waals surface area (Å²) >= 11 is 3.49. The summed E-state index contributed by atoms with van der Waals surface area (Å²) in [4.78, 5) is 14.1. The van der Waals surface area contributed by atoms with Crippen LogP contribution >= 0.6 is 23.1 Å². The van der Waals surface area contributed by atoms with Crippen molar-refractivity contribution in [3.8, 4) is 6.07 Å². The number of thiophene rings is 1. The zero-order chi connectivity index (χ0) is 23.7. The highest BCUT2D eigenvalue weighted by Crippen LogP contribution is 2.48. The number of nitriles is 1. The van der Waals surface area contributed by atoms with Gasteiger partial charge in [0.2, 0.25) is 5.88 Å². The van der Waals surface area contributed by atoms with Crippen LogP contribution in [0.3, 0.4) is 0 Å². The summed E-state index contributed by atoms with van der Waals surface area (Å²) in [7, 11) is 3.58. The van der Waals surface area contributed by atoms with Gasteiger partial charge in [0.05, 0.1) is 4.75 Å². The lowest BCUT2D eigenvalue weighted by Gasteiger charge is -2.16. The summed E-state index contributed by atoms with van der Waals surface area (Å²) in [5, 5.41) is 12.7. The fraction of sp³-hybridized carbons (Fsp3) is 0.478. The van der Waals surface area contributed by atoms with E-state index in [2.05, 4.69) is 18.3 Å². The van der Waals surface area contributed by atoms with Crippen LogP contribution in [0.2, 0.25) is 0 Å². The van der Waals surface area contributed by atoms with E-state index < -0.39 is 0 Å². The van der Waals surface area contributed by atoms with Gasteiger partial charge in [-0.05, 0) is 57.2 Å². The maximum absolute atomic E-state index is 12.1. The van der Waals surface area contributed by atoms with Crippen LogP contribution in [0, 0.1) is 18.3 Å². The molecule has 2 heterocycles. The SMILES string of the molecule is CCCSC1(CO/C(N)=c2/c(=C\N)cc(C)c(=O)n2C)CC1.CNCc1ccc(C#N)s1. The van der Waals surface area contributed by atoms with Crippen molar-refractivity contribution < 1.29 is 4.74 Å². The lowest BCUT2D eigenvalue weighted by atomic mass is 10.2. The first kappa shape index (κ1) is 25.8. The number of aromatic nitrogens is 1. The molecule has 0 aromatic carbocycles. The average molecular weight is 476 g/mol. The maximum Gasteiger partial charge on any atom is 0.253 e. The van der Waals surface area contributed by atoms with Gasteiger partial charge < -0.3 is 26.1 Å². The number of nitrogens with zero attached hydrogens (tertiary/aromatic N) is 2. The van der Waals surface area contributed by atoms with Gasteiger partial charge in [-0.1, -0.05) is 6.92 Å². The lowest BCUT2D eigenvalue weighted by molar-refractivity contribution is 0.259. The number of hydrogen-bond donors (Lipinski definition) is 3. The summed E-state index contributed by atoms with van der Waals surface area (Å²) < 4.78 is 7.52. The smallest absolute Gasteiger partial charge is 0.253 e. The van der Waals surface area contributed by atoms with Crippen molar-refractivity contribution in [1.82, 2.24) is 9.88 Å². The predicted molar refractivity (Wildman–Crippen MR) is 134 cm³/mol. The molecule has 174 valence electrons. The van der Waals surface area contributed by atoms with Crippen LogP contribution in [0.4, 0.5) is 0 Å². The first-order valence-corrected chi connectivity index (χ1v) is 12.4. The molecule has 1 saturated carbocycles. The molecule has 1 aliphatic carbocycles. The Morgan fingerprint density at radius 2 is 2.19 bits per heavy atom. The number of nitrogens with two attached hydrogens (primary N) is 2. The molecular formula is C23H33N5O2S2. The Bertz CT molecular complexity index is 1130. The Kier molecular flexibility index (Phi) is 9.69. The van der Waals surface area contributed by atoms with Gasteiger partial charge >= 0.3 is 0 Å². The Morgan fingerprint density at radius 1 is 1.47 bits per heavy atom. The molecule has 0 saturated heterocycles. The lowest BCUT2D eigenvalue weighted by Crippen LogP contribution is -2.46. The predicted octanol–water partition coefficient (Wildman–Crippen LogP) is 1.45. The van der Waals surface area contributed by atoms with Crippen LogP contribution < -0.4 is 32.9 Å². The van der Waals surface area contributed by atoms with Crippen molar-refractivity contribution in [3.05, 3.63) is 54.4 Å². The number of thioether (sulfide) groups is 1. The van der Waals surface area contributed by atoms with Crippen LogP contribution in [0.15, 0.2) is 23.0 Å². The molecule has 1 aliphatic rings. The van der Waals surface area contributed by atoms with Crippen LogP contribution in [0.5, 0.6) is 0 Å². The first-order valence-electron chi connectivity index (χ1n) is 10.6.